The van der Waals surface area contributed by atoms with E-state index < -0.39 is 9.84 Å². The van der Waals surface area contributed by atoms with Gasteiger partial charge in [-0.05, 0) is 19.9 Å². The van der Waals surface area contributed by atoms with Gasteiger partial charge in [0.2, 0.25) is 5.91 Å². The predicted octanol–water partition coefficient (Wildman–Crippen LogP) is -0.712. The van der Waals surface area contributed by atoms with Crippen LogP contribution in [0.3, 0.4) is 0 Å². The Kier molecular flexibility index (Phi) is 4.10. The molecule has 0 aromatic rings. The van der Waals surface area contributed by atoms with Crippen molar-refractivity contribution in [3.63, 3.8) is 0 Å². The van der Waals surface area contributed by atoms with Crippen LogP contribution >= 0.6 is 0 Å². The molecule has 1 heterocycles. The molecule has 0 aromatic heterocycles. The van der Waals surface area contributed by atoms with Crippen LogP contribution in [-0.4, -0.2) is 44.5 Å². The summed E-state index contributed by atoms with van der Waals surface area (Å²) in [5.74, 6) is 0.0386. The molecule has 1 saturated heterocycles. The Bertz CT molecular complexity index is 322. The summed E-state index contributed by atoms with van der Waals surface area (Å²) in [6.07, 6.45) is 0.832. The molecular weight excluding hydrogens is 216 g/mol. The van der Waals surface area contributed by atoms with Gasteiger partial charge in [-0.15, -0.1) is 0 Å². The van der Waals surface area contributed by atoms with E-state index in [1.165, 1.54) is 0 Å². The predicted molar refractivity (Wildman–Crippen MR) is 58.3 cm³/mol. The van der Waals surface area contributed by atoms with Gasteiger partial charge in [0, 0.05) is 11.8 Å². The maximum atomic E-state index is 11.4. The van der Waals surface area contributed by atoms with Crippen LogP contribution in [0.1, 0.15) is 20.3 Å². The third-order valence-corrected chi connectivity index (χ3v) is 4.36. The molecule has 1 aliphatic rings. The zero-order valence-electron chi connectivity index (χ0n) is 9.12. The van der Waals surface area contributed by atoms with Crippen molar-refractivity contribution in [1.82, 2.24) is 10.6 Å². The average molecular weight is 234 g/mol. The molecule has 88 valence electrons. The van der Waals surface area contributed by atoms with Crippen LogP contribution in [0.2, 0.25) is 0 Å². The molecule has 0 bridgehead atoms. The lowest BCUT2D eigenvalue weighted by Gasteiger charge is -2.27. The van der Waals surface area contributed by atoms with Crippen LogP contribution in [-0.2, 0) is 14.6 Å². The molecule has 0 saturated carbocycles. The van der Waals surface area contributed by atoms with Crippen LogP contribution in [0, 0.1) is 0 Å². The van der Waals surface area contributed by atoms with E-state index in [0.29, 0.717) is 0 Å². The SMILES string of the molecule is CCS(=O)(=O)CC(C)NC(=O)[C@H]1CCN1. The maximum absolute atomic E-state index is 11.4. The highest BCUT2D eigenvalue weighted by molar-refractivity contribution is 7.91. The van der Waals surface area contributed by atoms with E-state index in [4.69, 9.17) is 0 Å². The zero-order valence-corrected chi connectivity index (χ0v) is 9.93. The first-order chi connectivity index (χ1) is 6.94. The molecular formula is C9H18N2O3S. The summed E-state index contributed by atoms with van der Waals surface area (Å²) in [5.41, 5.74) is 0. The molecule has 15 heavy (non-hydrogen) atoms. The van der Waals surface area contributed by atoms with Gasteiger partial charge in [0.05, 0.1) is 11.8 Å². The van der Waals surface area contributed by atoms with Crippen molar-refractivity contribution in [2.75, 3.05) is 18.1 Å². The third-order valence-electron chi connectivity index (χ3n) is 2.47. The number of rotatable bonds is 5. The largest absolute Gasteiger partial charge is 0.351 e. The molecule has 6 heteroatoms. The minimum atomic E-state index is -3.01. The molecule has 2 N–H and O–H groups in total. The van der Waals surface area contributed by atoms with Gasteiger partial charge in [0.1, 0.15) is 0 Å². The topological polar surface area (TPSA) is 75.3 Å². The number of amides is 1. The molecule has 0 aliphatic carbocycles. The van der Waals surface area contributed by atoms with E-state index in [2.05, 4.69) is 10.6 Å². The minimum Gasteiger partial charge on any atom is -0.351 e. The fourth-order valence-electron chi connectivity index (χ4n) is 1.40. The molecule has 2 atom stereocenters. The van der Waals surface area contributed by atoms with E-state index in [-0.39, 0.29) is 29.5 Å². The highest BCUT2D eigenvalue weighted by atomic mass is 32.2. The molecule has 0 spiro atoms. The number of carbonyl (C=O) groups is 1. The molecule has 1 rings (SSSR count). The van der Waals surface area contributed by atoms with Crippen molar-refractivity contribution < 1.29 is 13.2 Å². The standard InChI is InChI=1S/C9H18N2O3S/c1-3-15(13,14)6-7(2)11-9(12)8-4-5-10-8/h7-8,10H,3-6H2,1-2H3,(H,11,12)/t7?,8-/m1/s1. The van der Waals surface area contributed by atoms with Crippen LogP contribution in [0.25, 0.3) is 0 Å². The Morgan fingerprint density at radius 3 is 2.60 bits per heavy atom. The fourth-order valence-corrected chi connectivity index (χ4v) is 2.48. The Morgan fingerprint density at radius 2 is 2.20 bits per heavy atom. The first kappa shape index (κ1) is 12.4. The van der Waals surface area contributed by atoms with Crippen LogP contribution < -0.4 is 10.6 Å². The van der Waals surface area contributed by atoms with Crippen molar-refractivity contribution in [3.8, 4) is 0 Å². The van der Waals surface area contributed by atoms with Gasteiger partial charge in [0.15, 0.2) is 9.84 Å². The Labute approximate surface area is 90.5 Å². The molecule has 5 nitrogen and oxygen atoms in total. The van der Waals surface area contributed by atoms with E-state index in [1.807, 2.05) is 0 Å². The van der Waals surface area contributed by atoms with Crippen LogP contribution in [0.4, 0.5) is 0 Å². The van der Waals surface area contributed by atoms with Gasteiger partial charge in [-0.25, -0.2) is 8.42 Å². The van der Waals surface area contributed by atoms with E-state index >= 15 is 0 Å². The number of hydrogen-bond acceptors (Lipinski definition) is 4. The number of nitrogens with one attached hydrogen (secondary N) is 2. The summed E-state index contributed by atoms with van der Waals surface area (Å²) in [6.45, 7) is 4.18. The summed E-state index contributed by atoms with van der Waals surface area (Å²) >= 11 is 0. The van der Waals surface area contributed by atoms with E-state index in [0.717, 1.165) is 13.0 Å². The summed E-state index contributed by atoms with van der Waals surface area (Å²) < 4.78 is 22.6. The summed E-state index contributed by atoms with van der Waals surface area (Å²) in [7, 11) is -3.01. The third kappa shape index (κ3) is 3.79. The quantitative estimate of drug-likeness (QED) is 0.659. The average Bonchev–Trinajstić information content (AvgIpc) is 1.99. The Morgan fingerprint density at radius 1 is 1.60 bits per heavy atom. The van der Waals surface area contributed by atoms with Crippen LogP contribution in [0.5, 0.6) is 0 Å². The van der Waals surface area contributed by atoms with Gasteiger partial charge in [0.25, 0.3) is 0 Å². The highest BCUT2D eigenvalue weighted by Crippen LogP contribution is 2.02. The molecule has 0 aromatic carbocycles. The van der Waals surface area contributed by atoms with E-state index in [1.54, 1.807) is 13.8 Å². The lowest BCUT2D eigenvalue weighted by molar-refractivity contribution is -0.125. The van der Waals surface area contributed by atoms with Gasteiger partial charge in [-0.3, -0.25) is 4.79 Å². The molecule has 1 amide bonds. The van der Waals surface area contributed by atoms with Gasteiger partial charge < -0.3 is 10.6 Å². The smallest absolute Gasteiger partial charge is 0.237 e. The Balaban J connectivity index is 2.35. The number of sulfone groups is 1. The summed E-state index contributed by atoms with van der Waals surface area (Å²) in [5, 5.41) is 5.66. The van der Waals surface area contributed by atoms with Crippen molar-refractivity contribution in [3.05, 3.63) is 0 Å². The lowest BCUT2D eigenvalue weighted by Crippen LogP contribution is -2.55. The second-order valence-corrected chi connectivity index (χ2v) is 6.30. The number of carbonyl (C=O) groups excluding carboxylic acids is 1. The normalized spacial score (nSPS) is 22.9. The van der Waals surface area contributed by atoms with Crippen molar-refractivity contribution >= 4 is 15.7 Å². The summed E-state index contributed by atoms with van der Waals surface area (Å²) in [4.78, 5) is 11.4. The van der Waals surface area contributed by atoms with Gasteiger partial charge in [-0.1, -0.05) is 6.92 Å². The molecule has 1 unspecified atom stereocenters. The molecule has 0 radical (unpaired) electrons. The first-order valence-corrected chi connectivity index (χ1v) is 7.01. The monoisotopic (exact) mass is 234 g/mol. The molecule has 1 fully saturated rings. The zero-order chi connectivity index (χ0) is 11.5. The highest BCUT2D eigenvalue weighted by Gasteiger charge is 2.26. The molecule has 1 aliphatic heterocycles. The maximum Gasteiger partial charge on any atom is 0.237 e. The van der Waals surface area contributed by atoms with Crippen LogP contribution in [0.15, 0.2) is 0 Å². The summed E-state index contributed by atoms with van der Waals surface area (Å²) in [6, 6.07) is -0.443. The Hall–Kier alpha value is -0.620. The second-order valence-electron chi connectivity index (χ2n) is 3.90. The minimum absolute atomic E-state index is 0.0158. The van der Waals surface area contributed by atoms with Crippen molar-refractivity contribution in [2.45, 2.75) is 32.4 Å². The first-order valence-electron chi connectivity index (χ1n) is 5.19. The van der Waals surface area contributed by atoms with Crippen molar-refractivity contribution in [2.24, 2.45) is 0 Å². The van der Waals surface area contributed by atoms with Gasteiger partial charge >= 0.3 is 0 Å². The fraction of sp³-hybridized carbons (Fsp3) is 0.889. The lowest BCUT2D eigenvalue weighted by atomic mass is 10.1. The van der Waals surface area contributed by atoms with Gasteiger partial charge in [-0.2, -0.15) is 0 Å². The number of hydrogen-bond donors (Lipinski definition) is 2. The van der Waals surface area contributed by atoms with E-state index in [9.17, 15) is 13.2 Å². The second kappa shape index (κ2) is 4.94. The van der Waals surface area contributed by atoms with Crippen molar-refractivity contribution in [1.29, 1.82) is 0 Å².